The molecule has 0 bridgehead atoms. The molecular weight excluding hydrogens is 473 g/mol. The summed E-state index contributed by atoms with van der Waals surface area (Å²) in [7, 11) is 0. The number of amides is 2. The van der Waals surface area contributed by atoms with Crippen LogP contribution in [-0.2, 0) is 4.79 Å². The monoisotopic (exact) mass is 513 g/mol. The lowest BCUT2D eigenvalue weighted by Gasteiger charge is -2.38. The highest BCUT2D eigenvalue weighted by Gasteiger charge is 2.27. The van der Waals surface area contributed by atoms with Crippen LogP contribution in [0.25, 0.3) is 0 Å². The van der Waals surface area contributed by atoms with Crippen molar-refractivity contribution < 1.29 is 23.8 Å². The van der Waals surface area contributed by atoms with Gasteiger partial charge >= 0.3 is 12.0 Å². The molecule has 0 aromatic heterocycles. The van der Waals surface area contributed by atoms with Crippen molar-refractivity contribution in [3.8, 4) is 5.75 Å². The molecule has 1 atom stereocenters. The highest BCUT2D eigenvalue weighted by molar-refractivity contribution is 6.02. The van der Waals surface area contributed by atoms with Gasteiger partial charge in [0.25, 0.3) is 0 Å². The fourth-order valence-corrected chi connectivity index (χ4v) is 4.98. The van der Waals surface area contributed by atoms with E-state index in [0.717, 1.165) is 32.2 Å². The Morgan fingerprint density at radius 3 is 2.35 bits per heavy atom. The first-order chi connectivity index (χ1) is 17.7. The molecule has 2 amide bonds. The summed E-state index contributed by atoms with van der Waals surface area (Å²) in [5, 5.41) is 15.0. The van der Waals surface area contributed by atoms with E-state index >= 15 is 4.39 Å². The molecule has 1 aliphatic carbocycles. The van der Waals surface area contributed by atoms with Crippen LogP contribution in [0.1, 0.15) is 77.7 Å². The molecule has 7 nitrogen and oxygen atoms in total. The van der Waals surface area contributed by atoms with Crippen LogP contribution in [0.3, 0.4) is 0 Å². The minimum Gasteiger partial charge on any atom is -0.494 e. The van der Waals surface area contributed by atoms with Crippen molar-refractivity contribution in [2.45, 2.75) is 78.2 Å². The van der Waals surface area contributed by atoms with Crippen molar-refractivity contribution in [2.75, 3.05) is 28.7 Å². The lowest BCUT2D eigenvalue weighted by Crippen LogP contribution is -2.40. The predicted octanol–water partition coefficient (Wildman–Crippen LogP) is 7.24. The second-order valence-corrected chi connectivity index (χ2v) is 10.3. The fourth-order valence-electron chi connectivity index (χ4n) is 4.98. The van der Waals surface area contributed by atoms with Gasteiger partial charge in [-0.25, -0.2) is 9.18 Å². The van der Waals surface area contributed by atoms with E-state index in [0.29, 0.717) is 35.3 Å². The average molecular weight is 514 g/mol. The number of rotatable bonds is 11. The number of hydrogen-bond acceptors (Lipinski definition) is 4. The zero-order valence-corrected chi connectivity index (χ0v) is 22.4. The standard InChI is InChI=1S/C29H40FN3O4/c1-5-37-23-13-11-21(12-14-23)31-29(36)32-26-16-24(20(4)15-28(34)35)25(30)17-27(26)33(18-19(2)3)22-9-7-6-8-10-22/h11-14,16-17,19-20,22H,5-10,15,18H2,1-4H3,(H,34,35)(H2,31,32,36). The number of carbonyl (C=O) groups is 2. The zero-order valence-electron chi connectivity index (χ0n) is 22.4. The largest absolute Gasteiger partial charge is 0.494 e. The minimum absolute atomic E-state index is 0.202. The Morgan fingerprint density at radius 1 is 1.08 bits per heavy atom. The van der Waals surface area contributed by atoms with Crippen molar-refractivity contribution in [2.24, 2.45) is 5.92 Å². The Bertz CT molecular complexity index is 1050. The number of nitrogens with one attached hydrogen (secondary N) is 2. The van der Waals surface area contributed by atoms with Gasteiger partial charge < -0.3 is 25.4 Å². The van der Waals surface area contributed by atoms with E-state index in [1.54, 1.807) is 37.3 Å². The minimum atomic E-state index is -0.998. The molecule has 2 aromatic rings. The summed E-state index contributed by atoms with van der Waals surface area (Å²) in [4.78, 5) is 26.6. The number of nitrogens with zero attached hydrogens (tertiary/aromatic N) is 1. The van der Waals surface area contributed by atoms with Gasteiger partial charge in [-0.05, 0) is 73.6 Å². The molecule has 0 spiro atoms. The van der Waals surface area contributed by atoms with Gasteiger partial charge in [0.2, 0.25) is 0 Å². The van der Waals surface area contributed by atoms with Gasteiger partial charge in [-0.3, -0.25) is 4.79 Å². The topological polar surface area (TPSA) is 90.9 Å². The molecule has 3 rings (SSSR count). The molecular formula is C29H40FN3O4. The van der Waals surface area contributed by atoms with Gasteiger partial charge in [0.15, 0.2) is 0 Å². The third-order valence-electron chi connectivity index (χ3n) is 6.68. The summed E-state index contributed by atoms with van der Waals surface area (Å²) >= 11 is 0. The van der Waals surface area contributed by atoms with E-state index in [9.17, 15) is 14.7 Å². The first-order valence-corrected chi connectivity index (χ1v) is 13.3. The predicted molar refractivity (Wildman–Crippen MR) is 146 cm³/mol. The van der Waals surface area contributed by atoms with E-state index in [2.05, 4.69) is 29.4 Å². The normalized spacial score (nSPS) is 14.8. The summed E-state index contributed by atoms with van der Waals surface area (Å²) < 4.78 is 20.9. The number of aliphatic carboxylic acids is 1. The lowest BCUT2D eigenvalue weighted by molar-refractivity contribution is -0.137. The van der Waals surface area contributed by atoms with Crippen LogP contribution in [0.15, 0.2) is 36.4 Å². The van der Waals surface area contributed by atoms with Crippen molar-refractivity contribution in [1.82, 2.24) is 0 Å². The highest BCUT2D eigenvalue weighted by Crippen LogP contribution is 2.37. The zero-order chi connectivity index (χ0) is 26.9. The molecule has 1 saturated carbocycles. The molecule has 0 radical (unpaired) electrons. The lowest BCUT2D eigenvalue weighted by atomic mass is 9.91. The first-order valence-electron chi connectivity index (χ1n) is 13.3. The molecule has 0 heterocycles. The second-order valence-electron chi connectivity index (χ2n) is 10.3. The van der Waals surface area contributed by atoms with Crippen molar-refractivity contribution in [3.63, 3.8) is 0 Å². The molecule has 2 aromatic carbocycles. The number of hydrogen-bond donors (Lipinski definition) is 3. The number of halogens is 1. The van der Waals surface area contributed by atoms with Crippen LogP contribution in [-0.4, -0.2) is 36.3 Å². The van der Waals surface area contributed by atoms with Crippen molar-refractivity contribution >= 4 is 29.1 Å². The molecule has 37 heavy (non-hydrogen) atoms. The molecule has 202 valence electrons. The van der Waals surface area contributed by atoms with Crippen molar-refractivity contribution in [3.05, 3.63) is 47.8 Å². The molecule has 1 fully saturated rings. The number of carboxylic acids is 1. The van der Waals surface area contributed by atoms with Gasteiger partial charge in [-0.2, -0.15) is 0 Å². The summed E-state index contributed by atoms with van der Waals surface area (Å²) in [6, 6.07) is 9.94. The maximum atomic E-state index is 15.4. The molecule has 8 heteroatoms. The Morgan fingerprint density at radius 2 is 1.76 bits per heavy atom. The van der Waals surface area contributed by atoms with Crippen LogP contribution >= 0.6 is 0 Å². The molecule has 1 aliphatic rings. The van der Waals surface area contributed by atoms with Gasteiger partial charge in [0.05, 0.1) is 24.4 Å². The molecule has 0 aliphatic heterocycles. The SMILES string of the molecule is CCOc1ccc(NC(=O)Nc2cc(C(C)CC(=O)O)c(F)cc2N(CC(C)C)C2CCCCC2)cc1. The maximum Gasteiger partial charge on any atom is 0.323 e. The van der Waals surface area contributed by atoms with Crippen LogP contribution in [0.4, 0.5) is 26.2 Å². The fraction of sp³-hybridized carbons (Fsp3) is 0.517. The van der Waals surface area contributed by atoms with Crippen LogP contribution in [0.5, 0.6) is 5.75 Å². The van der Waals surface area contributed by atoms with Crippen molar-refractivity contribution in [1.29, 1.82) is 0 Å². The Balaban J connectivity index is 1.95. The number of urea groups is 1. The summed E-state index contributed by atoms with van der Waals surface area (Å²) in [6.45, 7) is 9.12. The number of benzene rings is 2. The van der Waals surface area contributed by atoms with E-state index in [-0.39, 0.29) is 18.0 Å². The maximum absolute atomic E-state index is 15.4. The van der Waals surface area contributed by atoms with Gasteiger partial charge in [0.1, 0.15) is 11.6 Å². The van der Waals surface area contributed by atoms with E-state index in [1.165, 1.54) is 12.5 Å². The Kier molecular flexibility index (Phi) is 10.2. The van der Waals surface area contributed by atoms with Crippen LogP contribution < -0.4 is 20.3 Å². The number of ether oxygens (including phenoxy) is 1. The number of carboxylic acid groups (broad SMARTS) is 1. The Labute approximate surface area is 219 Å². The Hall–Kier alpha value is -3.29. The molecule has 1 unspecified atom stereocenters. The van der Waals surface area contributed by atoms with Crippen LogP contribution in [0.2, 0.25) is 0 Å². The number of carbonyl (C=O) groups excluding carboxylic acids is 1. The van der Waals surface area contributed by atoms with Gasteiger partial charge in [-0.15, -0.1) is 0 Å². The molecule has 3 N–H and O–H groups in total. The quantitative estimate of drug-likeness (QED) is 0.295. The second kappa shape index (κ2) is 13.3. The summed E-state index contributed by atoms with van der Waals surface area (Å²) in [5.74, 6) is -0.952. The van der Waals surface area contributed by atoms with E-state index in [1.807, 2.05) is 6.92 Å². The van der Waals surface area contributed by atoms with Gasteiger partial charge in [0, 0.05) is 18.3 Å². The molecule has 0 saturated heterocycles. The third-order valence-corrected chi connectivity index (χ3v) is 6.68. The van der Waals surface area contributed by atoms with Crippen LogP contribution in [0, 0.1) is 11.7 Å². The summed E-state index contributed by atoms with van der Waals surface area (Å²) in [6.07, 6.45) is 5.27. The third kappa shape index (κ3) is 8.10. The first kappa shape index (κ1) is 28.3. The number of anilines is 3. The van der Waals surface area contributed by atoms with Gasteiger partial charge in [-0.1, -0.05) is 40.0 Å². The highest BCUT2D eigenvalue weighted by atomic mass is 19.1. The summed E-state index contributed by atoms with van der Waals surface area (Å²) in [5.41, 5.74) is 1.97. The smallest absolute Gasteiger partial charge is 0.323 e. The average Bonchev–Trinajstić information content (AvgIpc) is 2.85. The van der Waals surface area contributed by atoms with E-state index in [4.69, 9.17) is 4.74 Å². The van der Waals surface area contributed by atoms with E-state index < -0.39 is 23.7 Å².